The van der Waals surface area contributed by atoms with Crippen molar-refractivity contribution >= 4 is 44.0 Å². The topological polar surface area (TPSA) is 62.3 Å². The van der Waals surface area contributed by atoms with Crippen LogP contribution in [-0.4, -0.2) is 43.9 Å². The van der Waals surface area contributed by atoms with Crippen molar-refractivity contribution in [1.29, 1.82) is 0 Å². The zero-order chi connectivity index (χ0) is 18.9. The van der Waals surface area contributed by atoms with E-state index in [2.05, 4.69) is 38.0 Å². The van der Waals surface area contributed by atoms with Crippen LogP contribution in [-0.2, 0) is 15.4 Å². The fraction of sp³-hybridized carbons (Fsp3) is 0.632. The zero-order valence-corrected chi connectivity index (χ0v) is 18.9. The fourth-order valence-corrected chi connectivity index (χ4v) is 5.87. The molecule has 2 heterocycles. The molecule has 1 N–H and O–H groups in total. The van der Waals surface area contributed by atoms with Gasteiger partial charge >= 0.3 is 0 Å². The highest BCUT2D eigenvalue weighted by molar-refractivity contribution is 7.89. The van der Waals surface area contributed by atoms with Gasteiger partial charge in [-0.1, -0.05) is 27.7 Å². The second kappa shape index (κ2) is 8.74. The summed E-state index contributed by atoms with van der Waals surface area (Å²) in [6, 6.07) is 5.34. The zero-order valence-electron chi connectivity index (χ0n) is 16.5. The molecule has 1 aromatic carbocycles. The normalized spacial score (nSPS) is 17.2. The third-order valence-electron chi connectivity index (χ3n) is 4.90. The van der Waals surface area contributed by atoms with Gasteiger partial charge in [-0.2, -0.15) is 4.31 Å². The molecule has 0 amide bonds. The summed E-state index contributed by atoms with van der Waals surface area (Å²) in [6.07, 6.45) is 1.84. The Hall–Kier alpha value is -0.730. The lowest BCUT2D eigenvalue weighted by Crippen LogP contribution is -2.40. The minimum atomic E-state index is -3.43. The van der Waals surface area contributed by atoms with Gasteiger partial charge in [-0.05, 0) is 50.0 Å². The predicted octanol–water partition coefficient (Wildman–Crippen LogP) is 4.03. The molecule has 0 atom stereocenters. The van der Waals surface area contributed by atoms with Gasteiger partial charge < -0.3 is 5.32 Å². The van der Waals surface area contributed by atoms with Gasteiger partial charge in [-0.3, -0.25) is 0 Å². The monoisotopic (exact) mass is 431 g/mol. The molecule has 1 aliphatic rings. The summed E-state index contributed by atoms with van der Waals surface area (Å²) in [6.45, 7) is 11.6. The van der Waals surface area contributed by atoms with Crippen molar-refractivity contribution in [3.63, 3.8) is 0 Å². The number of aromatic nitrogens is 1. The molecule has 0 unspecified atom stereocenters. The molecule has 0 saturated carbocycles. The second-order valence-corrected chi connectivity index (χ2v) is 11.0. The van der Waals surface area contributed by atoms with Crippen LogP contribution in [0.5, 0.6) is 0 Å². The third-order valence-corrected chi connectivity index (χ3v) is 8.23. The van der Waals surface area contributed by atoms with E-state index in [1.165, 1.54) is 0 Å². The quantitative estimate of drug-likeness (QED) is 0.776. The average molecular weight is 432 g/mol. The molecule has 1 aliphatic heterocycles. The van der Waals surface area contributed by atoms with E-state index in [0.29, 0.717) is 23.9 Å². The number of benzene rings is 1. The van der Waals surface area contributed by atoms with Gasteiger partial charge in [0.1, 0.15) is 0 Å². The van der Waals surface area contributed by atoms with Crippen LogP contribution in [0.4, 0.5) is 0 Å². The molecular weight excluding hydrogens is 402 g/mol. The molecular formula is C19H30ClN3O2S2. The second-order valence-electron chi connectivity index (χ2n) is 8.05. The van der Waals surface area contributed by atoms with Crippen molar-refractivity contribution < 1.29 is 8.42 Å². The third kappa shape index (κ3) is 5.01. The first kappa shape index (κ1) is 22.6. The van der Waals surface area contributed by atoms with E-state index in [1.54, 1.807) is 27.8 Å². The number of hydrogen-bond acceptors (Lipinski definition) is 5. The molecule has 0 bridgehead atoms. The van der Waals surface area contributed by atoms with Crippen molar-refractivity contribution in [3.8, 4) is 0 Å². The lowest BCUT2D eigenvalue weighted by atomic mass is 9.98. The van der Waals surface area contributed by atoms with Crippen LogP contribution in [0.3, 0.4) is 0 Å². The standard InChI is InChI=1S/C19H29N3O2S2.ClH/c1-5-20-13-14-8-10-22(11-9-14)26(23,24)15-6-7-16-17(12-15)25-18(21-16)19(2,3)4;/h6-7,12,14,20H,5,8-11,13H2,1-4H3;1H. The average Bonchev–Trinajstić information content (AvgIpc) is 3.04. The summed E-state index contributed by atoms with van der Waals surface area (Å²) in [7, 11) is -3.43. The number of halogens is 1. The Balaban J connectivity index is 0.00000261. The smallest absolute Gasteiger partial charge is 0.243 e. The lowest BCUT2D eigenvalue weighted by Gasteiger charge is -2.31. The Bertz CT molecular complexity index is 867. The van der Waals surface area contributed by atoms with Crippen molar-refractivity contribution in [2.75, 3.05) is 26.2 Å². The van der Waals surface area contributed by atoms with Gasteiger partial charge in [0, 0.05) is 18.5 Å². The van der Waals surface area contributed by atoms with E-state index in [4.69, 9.17) is 0 Å². The largest absolute Gasteiger partial charge is 0.317 e. The Labute approximate surface area is 173 Å². The summed E-state index contributed by atoms with van der Waals surface area (Å²) in [4.78, 5) is 5.05. The Kier molecular flexibility index (Phi) is 7.30. The number of thiazole rings is 1. The molecule has 8 heteroatoms. The lowest BCUT2D eigenvalue weighted by molar-refractivity contribution is 0.268. The van der Waals surface area contributed by atoms with Gasteiger partial charge in [-0.25, -0.2) is 13.4 Å². The molecule has 0 radical (unpaired) electrons. The highest BCUT2D eigenvalue weighted by Gasteiger charge is 2.30. The summed E-state index contributed by atoms with van der Waals surface area (Å²) in [5.74, 6) is 0.569. The Morgan fingerprint density at radius 3 is 2.52 bits per heavy atom. The highest BCUT2D eigenvalue weighted by atomic mass is 35.5. The van der Waals surface area contributed by atoms with Gasteiger partial charge in [0.05, 0.1) is 20.1 Å². The summed E-state index contributed by atoms with van der Waals surface area (Å²) >= 11 is 1.59. The van der Waals surface area contributed by atoms with Crippen LogP contribution in [0, 0.1) is 5.92 Å². The minimum Gasteiger partial charge on any atom is -0.317 e. The molecule has 152 valence electrons. The molecule has 0 spiro atoms. The van der Waals surface area contributed by atoms with Crippen molar-refractivity contribution in [3.05, 3.63) is 23.2 Å². The molecule has 1 fully saturated rings. The summed E-state index contributed by atoms with van der Waals surface area (Å²) < 4.78 is 28.7. The van der Waals surface area contributed by atoms with Crippen LogP contribution in [0.1, 0.15) is 45.5 Å². The number of sulfonamides is 1. The first-order valence-corrected chi connectivity index (χ1v) is 11.6. The van der Waals surface area contributed by atoms with E-state index < -0.39 is 10.0 Å². The molecule has 0 aliphatic carbocycles. The number of rotatable bonds is 5. The molecule has 5 nitrogen and oxygen atoms in total. The summed E-state index contributed by atoms with van der Waals surface area (Å²) in [5.41, 5.74) is 0.847. The van der Waals surface area contributed by atoms with E-state index >= 15 is 0 Å². The number of piperidine rings is 1. The van der Waals surface area contributed by atoms with E-state index in [1.807, 2.05) is 6.07 Å². The van der Waals surface area contributed by atoms with Crippen LogP contribution >= 0.6 is 23.7 Å². The maximum absolute atomic E-state index is 13.0. The number of nitrogens with zero attached hydrogens (tertiary/aromatic N) is 2. The van der Waals surface area contributed by atoms with E-state index in [9.17, 15) is 8.42 Å². The van der Waals surface area contributed by atoms with Gasteiger partial charge in [-0.15, -0.1) is 23.7 Å². The minimum absolute atomic E-state index is 0. The van der Waals surface area contributed by atoms with Gasteiger partial charge in [0.15, 0.2) is 0 Å². The van der Waals surface area contributed by atoms with Crippen molar-refractivity contribution in [1.82, 2.24) is 14.6 Å². The Morgan fingerprint density at radius 1 is 1.26 bits per heavy atom. The molecule has 2 aromatic rings. The van der Waals surface area contributed by atoms with Crippen molar-refractivity contribution in [2.45, 2.75) is 50.8 Å². The van der Waals surface area contributed by atoms with Crippen molar-refractivity contribution in [2.24, 2.45) is 5.92 Å². The first-order valence-electron chi connectivity index (χ1n) is 9.33. The SMILES string of the molecule is CCNCC1CCN(S(=O)(=O)c2ccc3nc(C(C)(C)C)sc3c2)CC1.Cl. The van der Waals surface area contributed by atoms with Crippen LogP contribution in [0.15, 0.2) is 23.1 Å². The van der Waals surface area contributed by atoms with Gasteiger partial charge in [0.2, 0.25) is 10.0 Å². The molecule has 3 rings (SSSR count). The molecule has 27 heavy (non-hydrogen) atoms. The molecule has 1 aromatic heterocycles. The predicted molar refractivity (Wildman–Crippen MR) is 116 cm³/mol. The summed E-state index contributed by atoms with van der Waals surface area (Å²) in [5, 5.41) is 4.40. The maximum atomic E-state index is 13.0. The van der Waals surface area contributed by atoms with Crippen LogP contribution in [0.2, 0.25) is 0 Å². The Morgan fingerprint density at radius 2 is 1.93 bits per heavy atom. The molecule has 1 saturated heterocycles. The maximum Gasteiger partial charge on any atom is 0.243 e. The van der Waals surface area contributed by atoms with Gasteiger partial charge in [0.25, 0.3) is 0 Å². The van der Waals surface area contributed by atoms with E-state index in [0.717, 1.165) is 41.2 Å². The number of hydrogen-bond donors (Lipinski definition) is 1. The fourth-order valence-electron chi connectivity index (χ4n) is 3.24. The number of fused-ring (bicyclic) bond motifs is 1. The highest BCUT2D eigenvalue weighted by Crippen LogP contribution is 2.33. The number of nitrogens with one attached hydrogen (secondary N) is 1. The van der Waals surface area contributed by atoms with E-state index in [-0.39, 0.29) is 17.8 Å². The van der Waals surface area contributed by atoms with Crippen LogP contribution < -0.4 is 5.32 Å². The van der Waals surface area contributed by atoms with Crippen LogP contribution in [0.25, 0.3) is 10.2 Å². The first-order chi connectivity index (χ1) is 12.2.